The molecule has 1 N–H and O–H groups in total. The number of hydrogen-bond acceptors (Lipinski definition) is 5. The standard InChI is InChI=1S/C27H32N2O5S/c1-6-29(18-21-11-16-25(34-7-2)26(17-21)33-5)27(30)22-12-14-23(15-13-22)35(31,32)28-24-10-8-9-19(3)20(24)4/h8-17,28H,6-7,18H2,1-5H3. The molecule has 0 spiro atoms. The van der Waals surface area contributed by atoms with Gasteiger partial charge in [-0.05, 0) is 86.8 Å². The van der Waals surface area contributed by atoms with Crippen LogP contribution in [0.1, 0.15) is 40.9 Å². The SMILES string of the molecule is CCOc1ccc(CN(CC)C(=O)c2ccc(S(=O)(=O)Nc3cccc(C)c3C)cc2)cc1OC. The molecule has 35 heavy (non-hydrogen) atoms. The van der Waals surface area contributed by atoms with Gasteiger partial charge >= 0.3 is 0 Å². The second-order valence-electron chi connectivity index (χ2n) is 8.11. The molecule has 0 heterocycles. The second kappa shape index (κ2) is 11.3. The van der Waals surface area contributed by atoms with E-state index in [-0.39, 0.29) is 10.8 Å². The van der Waals surface area contributed by atoms with Gasteiger partial charge in [-0.1, -0.05) is 18.2 Å². The number of rotatable bonds is 10. The van der Waals surface area contributed by atoms with Gasteiger partial charge in [-0.3, -0.25) is 9.52 Å². The van der Waals surface area contributed by atoms with E-state index in [1.165, 1.54) is 12.1 Å². The van der Waals surface area contributed by atoms with Crippen LogP contribution in [0, 0.1) is 13.8 Å². The largest absolute Gasteiger partial charge is 0.493 e. The zero-order chi connectivity index (χ0) is 25.6. The summed E-state index contributed by atoms with van der Waals surface area (Å²) in [4.78, 5) is 14.9. The number of anilines is 1. The van der Waals surface area contributed by atoms with Gasteiger partial charge in [-0.15, -0.1) is 0 Å². The Kier molecular flexibility index (Phi) is 8.40. The Morgan fingerprint density at radius 1 is 0.971 bits per heavy atom. The maximum atomic E-state index is 13.1. The van der Waals surface area contributed by atoms with E-state index in [4.69, 9.17) is 9.47 Å². The Labute approximate surface area is 207 Å². The van der Waals surface area contributed by atoms with Crippen LogP contribution in [0.15, 0.2) is 65.6 Å². The van der Waals surface area contributed by atoms with Crippen molar-refractivity contribution in [2.24, 2.45) is 0 Å². The van der Waals surface area contributed by atoms with Crippen LogP contribution < -0.4 is 14.2 Å². The van der Waals surface area contributed by atoms with Crippen LogP contribution in [0.3, 0.4) is 0 Å². The minimum absolute atomic E-state index is 0.0919. The van der Waals surface area contributed by atoms with Crippen LogP contribution >= 0.6 is 0 Å². The molecule has 0 radical (unpaired) electrons. The average Bonchev–Trinajstić information content (AvgIpc) is 2.85. The first-order valence-electron chi connectivity index (χ1n) is 11.5. The molecule has 0 unspecified atom stereocenters. The van der Waals surface area contributed by atoms with Crippen molar-refractivity contribution in [1.82, 2.24) is 4.90 Å². The van der Waals surface area contributed by atoms with Crippen LogP contribution in [0.4, 0.5) is 5.69 Å². The summed E-state index contributed by atoms with van der Waals surface area (Å²) in [6.07, 6.45) is 0. The van der Waals surface area contributed by atoms with Gasteiger partial charge < -0.3 is 14.4 Å². The molecule has 0 aliphatic carbocycles. The predicted octanol–water partition coefficient (Wildman–Crippen LogP) is 5.17. The zero-order valence-corrected chi connectivity index (χ0v) is 21.6. The lowest BCUT2D eigenvalue weighted by Crippen LogP contribution is -2.30. The first-order valence-corrected chi connectivity index (χ1v) is 13.0. The quantitative estimate of drug-likeness (QED) is 0.418. The Balaban J connectivity index is 1.76. The van der Waals surface area contributed by atoms with Gasteiger partial charge in [0.05, 0.1) is 24.3 Å². The molecule has 3 aromatic rings. The first-order chi connectivity index (χ1) is 16.7. The van der Waals surface area contributed by atoms with E-state index in [0.29, 0.717) is 42.4 Å². The van der Waals surface area contributed by atoms with Crippen LogP contribution in [0.5, 0.6) is 11.5 Å². The third-order valence-electron chi connectivity index (χ3n) is 5.83. The van der Waals surface area contributed by atoms with Crippen LogP contribution in [-0.4, -0.2) is 39.5 Å². The van der Waals surface area contributed by atoms with Gasteiger partial charge in [0.15, 0.2) is 11.5 Å². The summed E-state index contributed by atoms with van der Waals surface area (Å²) >= 11 is 0. The molecule has 1 amide bonds. The lowest BCUT2D eigenvalue weighted by Gasteiger charge is -2.22. The summed E-state index contributed by atoms with van der Waals surface area (Å²) in [7, 11) is -2.21. The highest BCUT2D eigenvalue weighted by Gasteiger charge is 2.19. The molecule has 0 atom stereocenters. The van der Waals surface area contributed by atoms with Crippen molar-refractivity contribution in [2.45, 2.75) is 39.1 Å². The molecule has 0 saturated carbocycles. The van der Waals surface area contributed by atoms with E-state index in [1.807, 2.05) is 52.0 Å². The van der Waals surface area contributed by atoms with E-state index in [2.05, 4.69) is 4.72 Å². The highest BCUT2D eigenvalue weighted by atomic mass is 32.2. The molecule has 186 valence electrons. The smallest absolute Gasteiger partial charge is 0.261 e. The van der Waals surface area contributed by atoms with Gasteiger partial charge in [0, 0.05) is 18.7 Å². The summed E-state index contributed by atoms with van der Waals surface area (Å²) in [6.45, 7) is 9.00. The monoisotopic (exact) mass is 496 g/mol. The third kappa shape index (κ3) is 6.14. The number of carbonyl (C=O) groups is 1. The normalized spacial score (nSPS) is 11.1. The fourth-order valence-electron chi connectivity index (χ4n) is 3.66. The molecule has 0 bridgehead atoms. The lowest BCUT2D eigenvalue weighted by molar-refractivity contribution is 0.0752. The van der Waals surface area contributed by atoms with Crippen molar-refractivity contribution in [1.29, 1.82) is 0 Å². The number of nitrogens with one attached hydrogen (secondary N) is 1. The Morgan fingerprint density at radius 3 is 2.31 bits per heavy atom. The average molecular weight is 497 g/mol. The van der Waals surface area contributed by atoms with Gasteiger partial charge in [-0.2, -0.15) is 0 Å². The highest BCUT2D eigenvalue weighted by molar-refractivity contribution is 7.92. The van der Waals surface area contributed by atoms with Crippen molar-refractivity contribution in [3.05, 3.63) is 82.9 Å². The van der Waals surface area contributed by atoms with E-state index < -0.39 is 10.0 Å². The van der Waals surface area contributed by atoms with Crippen molar-refractivity contribution in [3.8, 4) is 11.5 Å². The summed E-state index contributed by atoms with van der Waals surface area (Å²) in [6, 6.07) is 17.0. The number of nitrogens with zero attached hydrogens (tertiary/aromatic N) is 1. The van der Waals surface area contributed by atoms with Crippen molar-refractivity contribution < 1.29 is 22.7 Å². The van der Waals surface area contributed by atoms with E-state index in [0.717, 1.165) is 16.7 Å². The molecule has 7 nitrogen and oxygen atoms in total. The first kappa shape index (κ1) is 26.1. The maximum Gasteiger partial charge on any atom is 0.261 e. The van der Waals surface area contributed by atoms with Gasteiger partial charge in [0.25, 0.3) is 15.9 Å². The second-order valence-corrected chi connectivity index (χ2v) is 9.80. The fraction of sp³-hybridized carbons (Fsp3) is 0.296. The van der Waals surface area contributed by atoms with Crippen molar-refractivity contribution in [2.75, 3.05) is 25.0 Å². The number of methoxy groups -OCH3 is 1. The molecule has 0 aromatic heterocycles. The van der Waals surface area contributed by atoms with Gasteiger partial charge in [0.1, 0.15) is 0 Å². The third-order valence-corrected chi connectivity index (χ3v) is 7.21. The Hall–Kier alpha value is -3.52. The summed E-state index contributed by atoms with van der Waals surface area (Å²) in [5.74, 6) is 1.07. The molecule has 3 aromatic carbocycles. The zero-order valence-electron chi connectivity index (χ0n) is 20.8. The molecule has 0 saturated heterocycles. The number of benzene rings is 3. The molecule has 0 fully saturated rings. The lowest BCUT2D eigenvalue weighted by atomic mass is 10.1. The maximum absolute atomic E-state index is 13.1. The van der Waals surface area contributed by atoms with Crippen molar-refractivity contribution >= 4 is 21.6 Å². The minimum Gasteiger partial charge on any atom is -0.493 e. The van der Waals surface area contributed by atoms with Gasteiger partial charge in [-0.25, -0.2) is 8.42 Å². The molecular weight excluding hydrogens is 464 g/mol. The molecular formula is C27H32N2O5S. The number of carbonyl (C=O) groups excluding carboxylic acids is 1. The number of sulfonamides is 1. The number of ether oxygens (including phenoxy) is 2. The number of amides is 1. The van der Waals surface area contributed by atoms with E-state index in [9.17, 15) is 13.2 Å². The van der Waals surface area contributed by atoms with Crippen LogP contribution in [-0.2, 0) is 16.6 Å². The van der Waals surface area contributed by atoms with Crippen LogP contribution in [0.25, 0.3) is 0 Å². The van der Waals surface area contributed by atoms with E-state index in [1.54, 1.807) is 36.3 Å². The molecule has 8 heteroatoms. The topological polar surface area (TPSA) is 84.9 Å². The summed E-state index contributed by atoms with van der Waals surface area (Å²) in [5, 5.41) is 0. The number of aryl methyl sites for hydroxylation is 1. The summed E-state index contributed by atoms with van der Waals surface area (Å²) < 4.78 is 39.4. The molecule has 3 rings (SSSR count). The predicted molar refractivity (Wildman–Crippen MR) is 138 cm³/mol. The van der Waals surface area contributed by atoms with E-state index >= 15 is 0 Å². The number of hydrogen-bond donors (Lipinski definition) is 1. The van der Waals surface area contributed by atoms with Crippen LogP contribution in [0.2, 0.25) is 0 Å². The molecule has 0 aliphatic rings. The van der Waals surface area contributed by atoms with Crippen molar-refractivity contribution in [3.63, 3.8) is 0 Å². The fourth-order valence-corrected chi connectivity index (χ4v) is 4.78. The van der Waals surface area contributed by atoms with Gasteiger partial charge in [0.2, 0.25) is 0 Å². The Morgan fingerprint density at radius 2 is 1.69 bits per heavy atom. The highest BCUT2D eigenvalue weighted by Crippen LogP contribution is 2.29. The molecule has 0 aliphatic heterocycles. The Bertz CT molecular complexity index is 1290. The summed E-state index contributed by atoms with van der Waals surface area (Å²) in [5.41, 5.74) is 3.71. The minimum atomic E-state index is -3.79.